The third kappa shape index (κ3) is 7.71. The number of ketones is 2. The number of allylic oxidation sites excluding steroid dienone is 4. The van der Waals surface area contributed by atoms with E-state index in [4.69, 9.17) is 4.79 Å². The van der Waals surface area contributed by atoms with Gasteiger partial charge in [0.15, 0.2) is 0 Å². The van der Waals surface area contributed by atoms with Crippen molar-refractivity contribution in [3.63, 3.8) is 0 Å². The van der Waals surface area contributed by atoms with Crippen molar-refractivity contribution in [2.45, 2.75) is 0 Å². The summed E-state index contributed by atoms with van der Waals surface area (Å²) in [5.41, 5.74) is 0. The maximum Gasteiger partial charge on any atom is 2.00 e. The van der Waals surface area contributed by atoms with Crippen LogP contribution in [0.5, 0.6) is 0 Å². The third-order valence-corrected chi connectivity index (χ3v) is 0.756. The zero-order valence-corrected chi connectivity index (χ0v) is 10.0. The Bertz CT molecular complexity index is 195. The quantitative estimate of drug-likeness (QED) is 0.350. The van der Waals surface area contributed by atoms with Gasteiger partial charge in [-0.3, -0.25) is 9.24 Å². The van der Waals surface area contributed by atoms with Crippen LogP contribution in [0.2, 0.25) is 0 Å². The first-order chi connectivity index (χ1) is 5.20. The smallest absolute Gasteiger partial charge is 0.537 e. The second-order valence-electron chi connectivity index (χ2n) is 1.51. The average Bonchev–Trinajstić information content (AvgIpc) is 1.97. The van der Waals surface area contributed by atoms with E-state index in [1.807, 2.05) is 0 Å². The monoisotopic (exact) mass is 352 g/mol. The third-order valence-electron chi connectivity index (χ3n) is 0.756. The maximum absolute atomic E-state index is 10.3. The SMILES string of the molecule is O=C1[C-]=CC(=O)C=C1.O=[C-]P.[W+2]. The van der Waals surface area contributed by atoms with Crippen LogP contribution in [0.3, 0.4) is 0 Å². The summed E-state index contributed by atoms with van der Waals surface area (Å²) in [6.45, 7) is 0. The predicted molar refractivity (Wildman–Crippen MR) is 42.4 cm³/mol. The Balaban J connectivity index is 0. The molecule has 0 aliphatic heterocycles. The molecule has 1 rings (SSSR count). The van der Waals surface area contributed by atoms with Gasteiger partial charge in [0.25, 0.3) is 0 Å². The van der Waals surface area contributed by atoms with Crippen LogP contribution in [0.15, 0.2) is 18.2 Å². The number of carbonyl (C=O) groups excluding carboxylic acids is 3. The molecule has 0 aromatic carbocycles. The summed E-state index contributed by atoms with van der Waals surface area (Å²) < 4.78 is 0. The van der Waals surface area contributed by atoms with E-state index in [2.05, 4.69) is 6.08 Å². The fourth-order valence-electron chi connectivity index (χ4n) is 0.396. The van der Waals surface area contributed by atoms with E-state index in [1.54, 1.807) is 9.24 Å². The second kappa shape index (κ2) is 8.70. The van der Waals surface area contributed by atoms with Crippen LogP contribution in [0.1, 0.15) is 0 Å². The molecule has 1 aliphatic carbocycles. The van der Waals surface area contributed by atoms with E-state index < -0.39 is 0 Å². The Morgan fingerprint density at radius 1 is 1.33 bits per heavy atom. The minimum atomic E-state index is -0.246. The van der Waals surface area contributed by atoms with E-state index >= 15 is 0 Å². The molecular weight excluding hydrogens is 347 g/mol. The van der Waals surface area contributed by atoms with Crippen LogP contribution in [0, 0.1) is 6.08 Å². The van der Waals surface area contributed by atoms with Gasteiger partial charge in [-0.05, 0) is 0 Å². The Hall–Kier alpha value is -0.392. The van der Waals surface area contributed by atoms with E-state index in [9.17, 15) is 9.59 Å². The summed E-state index contributed by atoms with van der Waals surface area (Å²) in [4.78, 5) is 29.1. The van der Waals surface area contributed by atoms with E-state index in [0.717, 1.165) is 6.08 Å². The van der Waals surface area contributed by atoms with Gasteiger partial charge in [-0.2, -0.15) is 0 Å². The fraction of sp³-hybridized carbons (Fsp3) is 0. The molecule has 0 radical (unpaired) electrons. The summed E-state index contributed by atoms with van der Waals surface area (Å²) in [6.07, 6.45) is 5.78. The van der Waals surface area contributed by atoms with Crippen LogP contribution in [-0.4, -0.2) is 17.6 Å². The molecule has 0 amide bonds. The zero-order chi connectivity index (χ0) is 8.69. The van der Waals surface area contributed by atoms with Crippen LogP contribution < -0.4 is 0 Å². The molecule has 0 saturated heterocycles. The number of carbonyl (C=O) groups is 2. The average molecular weight is 352 g/mol. The summed E-state index contributed by atoms with van der Waals surface area (Å²) in [5.74, 6) is -0.422. The number of hydrogen-bond acceptors (Lipinski definition) is 3. The minimum Gasteiger partial charge on any atom is -0.537 e. The van der Waals surface area contributed by atoms with Gasteiger partial charge >= 0.3 is 21.1 Å². The van der Waals surface area contributed by atoms with Crippen LogP contribution in [0.25, 0.3) is 0 Å². The zero-order valence-electron chi connectivity index (χ0n) is 5.94. The first kappa shape index (κ1) is 14.2. The molecule has 0 heterocycles. The van der Waals surface area contributed by atoms with Crippen molar-refractivity contribution in [3.8, 4) is 0 Å². The van der Waals surface area contributed by atoms with Crippen LogP contribution in [0.4, 0.5) is 0 Å². The number of hydrogen-bond donors (Lipinski definition) is 0. The van der Waals surface area contributed by atoms with E-state index in [1.165, 1.54) is 18.2 Å². The van der Waals surface area contributed by atoms with E-state index in [-0.39, 0.29) is 32.6 Å². The van der Waals surface area contributed by atoms with Crippen molar-refractivity contribution in [3.05, 3.63) is 24.3 Å². The van der Waals surface area contributed by atoms with Gasteiger partial charge in [0.05, 0.1) is 11.6 Å². The van der Waals surface area contributed by atoms with Crippen molar-refractivity contribution in [2.24, 2.45) is 0 Å². The maximum atomic E-state index is 10.3. The van der Waals surface area contributed by atoms with Gasteiger partial charge in [0.2, 0.25) is 0 Å². The molecule has 1 atom stereocenters. The Kier molecular flexibility index (Phi) is 10.3. The summed E-state index contributed by atoms with van der Waals surface area (Å²) >= 11 is 0. The van der Waals surface area contributed by atoms with Crippen molar-refractivity contribution < 1.29 is 35.4 Å². The van der Waals surface area contributed by atoms with Gasteiger partial charge in [-0.25, -0.2) is 6.03 Å². The second-order valence-corrected chi connectivity index (χ2v) is 1.74. The van der Waals surface area contributed by atoms with Crippen LogP contribution >= 0.6 is 9.24 Å². The molecule has 12 heavy (non-hydrogen) atoms. The molecule has 0 spiro atoms. The number of rotatable bonds is 0. The van der Waals surface area contributed by atoms with Gasteiger partial charge < -0.3 is 14.4 Å². The molecule has 0 saturated carbocycles. The van der Waals surface area contributed by atoms with Gasteiger partial charge in [-0.1, -0.05) is 0 Å². The van der Waals surface area contributed by atoms with Gasteiger partial charge in [0, 0.05) is 0 Å². The Morgan fingerprint density at radius 3 is 2.08 bits per heavy atom. The van der Waals surface area contributed by atoms with Crippen molar-refractivity contribution in [2.75, 3.05) is 0 Å². The first-order valence-electron chi connectivity index (χ1n) is 2.64. The molecule has 0 N–H and O–H groups in total. The van der Waals surface area contributed by atoms with Crippen molar-refractivity contribution >= 4 is 26.8 Å². The molecule has 5 heteroatoms. The molecule has 3 nitrogen and oxygen atoms in total. The molecule has 0 fully saturated rings. The van der Waals surface area contributed by atoms with E-state index in [0.29, 0.717) is 0 Å². The topological polar surface area (TPSA) is 51.2 Å². The van der Waals surface area contributed by atoms with Crippen molar-refractivity contribution in [1.82, 2.24) is 0 Å². The minimum absolute atomic E-state index is 0. The Morgan fingerprint density at radius 2 is 1.83 bits per heavy atom. The molecule has 62 valence electrons. The van der Waals surface area contributed by atoms with Gasteiger partial charge in [-0.15, -0.1) is 24.3 Å². The predicted octanol–water partition coefficient (Wildman–Crippen LogP) is -0.0200. The molecule has 1 aliphatic rings. The normalized spacial score (nSPS) is 12.8. The molecule has 1 unspecified atom stereocenters. The standard InChI is InChI=1S/C6H3O2.CH2OP.W/c7-5-1-2-6(8)4-3-5;2-1-3;/h1-3H;3H2;/q2*-1;+2. The molecule has 0 aromatic heterocycles. The van der Waals surface area contributed by atoms with Crippen LogP contribution in [-0.2, 0) is 35.4 Å². The molecule has 0 aromatic rings. The fourth-order valence-corrected chi connectivity index (χ4v) is 0.396. The van der Waals surface area contributed by atoms with Gasteiger partial charge in [0.1, 0.15) is 0 Å². The summed E-state index contributed by atoms with van der Waals surface area (Å²) in [6, 6.07) is 1.42. The summed E-state index contributed by atoms with van der Waals surface area (Å²) in [7, 11) is 1.77. The van der Waals surface area contributed by atoms with Crippen molar-refractivity contribution in [1.29, 1.82) is 0 Å². The summed E-state index contributed by atoms with van der Waals surface area (Å²) in [5, 5.41) is 0. The first-order valence-corrected chi connectivity index (χ1v) is 3.22. The molecule has 0 bridgehead atoms. The molecular formula is C7H5O3PW. The Labute approximate surface area is 86.8 Å². The largest absolute Gasteiger partial charge is 2.00 e.